The van der Waals surface area contributed by atoms with E-state index in [1.54, 1.807) is 0 Å². The third-order valence-corrected chi connectivity index (χ3v) is 3.43. The number of pyridine rings is 1. The average molecular weight is 275 g/mol. The monoisotopic (exact) mass is 275 g/mol. The highest BCUT2D eigenvalue weighted by Crippen LogP contribution is 2.12. The van der Waals surface area contributed by atoms with Crippen molar-refractivity contribution in [2.24, 2.45) is 10.9 Å². The van der Waals surface area contributed by atoms with E-state index in [1.165, 1.54) is 0 Å². The summed E-state index contributed by atoms with van der Waals surface area (Å²) in [5.74, 6) is 2.71. The largest absolute Gasteiger partial charge is 0.356 e. The van der Waals surface area contributed by atoms with Crippen LogP contribution in [-0.2, 0) is 0 Å². The second-order valence-corrected chi connectivity index (χ2v) is 5.48. The van der Waals surface area contributed by atoms with E-state index in [9.17, 15) is 0 Å². The molecule has 1 saturated heterocycles. The molecule has 0 spiro atoms. The van der Waals surface area contributed by atoms with Crippen LogP contribution in [0.15, 0.2) is 29.4 Å². The Morgan fingerprint density at radius 3 is 2.60 bits per heavy atom. The number of guanidine groups is 1. The summed E-state index contributed by atoms with van der Waals surface area (Å²) in [5.41, 5.74) is 0. The van der Waals surface area contributed by atoms with E-state index in [4.69, 9.17) is 0 Å². The maximum atomic E-state index is 4.41. The minimum absolute atomic E-state index is 0.626. The molecular formula is C15H25N5. The molecule has 1 aromatic rings. The first-order chi connectivity index (χ1) is 9.70. The molecular weight excluding hydrogens is 250 g/mol. The quantitative estimate of drug-likeness (QED) is 0.669. The Bertz CT molecular complexity index is 421. The number of nitrogens with zero attached hydrogens (tertiary/aromatic N) is 4. The Morgan fingerprint density at radius 2 is 2.05 bits per heavy atom. The molecule has 5 nitrogen and oxygen atoms in total. The van der Waals surface area contributed by atoms with Crippen molar-refractivity contribution in [3.05, 3.63) is 24.4 Å². The van der Waals surface area contributed by atoms with Crippen LogP contribution >= 0.6 is 0 Å². The first kappa shape index (κ1) is 14.6. The van der Waals surface area contributed by atoms with Crippen LogP contribution in [0.4, 0.5) is 5.82 Å². The van der Waals surface area contributed by atoms with E-state index in [1.807, 2.05) is 25.4 Å². The SMILES string of the molecule is CN=C(NCC(C)C)N1CCN(c2ccccn2)CC1. The van der Waals surface area contributed by atoms with Gasteiger partial charge in [-0.05, 0) is 18.1 Å². The van der Waals surface area contributed by atoms with Gasteiger partial charge in [0.15, 0.2) is 5.96 Å². The highest BCUT2D eigenvalue weighted by molar-refractivity contribution is 5.80. The molecule has 0 saturated carbocycles. The molecule has 2 rings (SSSR count). The predicted octanol–water partition coefficient (Wildman–Crippen LogP) is 1.43. The standard InChI is InChI=1S/C15H25N5/c1-13(2)12-18-15(16-3)20-10-8-19(9-11-20)14-6-4-5-7-17-14/h4-7,13H,8-12H2,1-3H3,(H,16,18). The lowest BCUT2D eigenvalue weighted by atomic mass is 10.2. The third kappa shape index (κ3) is 3.85. The van der Waals surface area contributed by atoms with Crippen molar-refractivity contribution in [3.8, 4) is 0 Å². The molecule has 1 aromatic heterocycles. The van der Waals surface area contributed by atoms with Gasteiger partial charge in [-0.25, -0.2) is 4.98 Å². The topological polar surface area (TPSA) is 43.8 Å². The Hall–Kier alpha value is -1.78. The summed E-state index contributed by atoms with van der Waals surface area (Å²) in [6.07, 6.45) is 1.85. The smallest absolute Gasteiger partial charge is 0.193 e. The van der Waals surface area contributed by atoms with Crippen LogP contribution in [0.25, 0.3) is 0 Å². The van der Waals surface area contributed by atoms with Crippen molar-refractivity contribution in [3.63, 3.8) is 0 Å². The van der Waals surface area contributed by atoms with E-state index in [2.05, 4.69) is 45.0 Å². The fraction of sp³-hybridized carbons (Fsp3) is 0.600. The second-order valence-electron chi connectivity index (χ2n) is 5.48. The van der Waals surface area contributed by atoms with Crippen LogP contribution in [0, 0.1) is 5.92 Å². The Labute approximate surface area is 121 Å². The molecule has 2 heterocycles. The number of nitrogens with one attached hydrogen (secondary N) is 1. The van der Waals surface area contributed by atoms with E-state index in [0.717, 1.165) is 44.5 Å². The van der Waals surface area contributed by atoms with Crippen LogP contribution < -0.4 is 10.2 Å². The molecule has 110 valence electrons. The maximum Gasteiger partial charge on any atom is 0.193 e. The maximum absolute atomic E-state index is 4.41. The van der Waals surface area contributed by atoms with Gasteiger partial charge in [-0.3, -0.25) is 4.99 Å². The summed E-state index contributed by atoms with van der Waals surface area (Å²) >= 11 is 0. The molecule has 1 fully saturated rings. The van der Waals surface area contributed by atoms with Gasteiger partial charge in [-0.15, -0.1) is 0 Å². The zero-order valence-corrected chi connectivity index (χ0v) is 12.7. The predicted molar refractivity (Wildman–Crippen MR) is 84.2 cm³/mol. The second kappa shape index (κ2) is 7.12. The van der Waals surface area contributed by atoms with E-state index < -0.39 is 0 Å². The first-order valence-electron chi connectivity index (χ1n) is 7.32. The van der Waals surface area contributed by atoms with Crippen LogP contribution in [-0.4, -0.2) is 55.6 Å². The van der Waals surface area contributed by atoms with Gasteiger partial charge in [-0.2, -0.15) is 0 Å². The molecule has 1 N–H and O–H groups in total. The van der Waals surface area contributed by atoms with Crippen LogP contribution in [0.2, 0.25) is 0 Å². The summed E-state index contributed by atoms with van der Waals surface area (Å²) < 4.78 is 0. The highest BCUT2D eigenvalue weighted by Gasteiger charge is 2.20. The van der Waals surface area contributed by atoms with Crippen molar-refractivity contribution in [1.29, 1.82) is 0 Å². The van der Waals surface area contributed by atoms with Crippen molar-refractivity contribution in [2.45, 2.75) is 13.8 Å². The normalized spacial score (nSPS) is 16.7. The summed E-state index contributed by atoms with van der Waals surface area (Å²) in [4.78, 5) is 13.4. The van der Waals surface area contributed by atoms with Crippen molar-refractivity contribution in [2.75, 3.05) is 44.7 Å². The lowest BCUT2D eigenvalue weighted by Crippen LogP contribution is -2.53. The molecule has 0 radical (unpaired) electrons. The minimum Gasteiger partial charge on any atom is -0.356 e. The zero-order valence-electron chi connectivity index (χ0n) is 12.7. The molecule has 1 aliphatic heterocycles. The third-order valence-electron chi connectivity index (χ3n) is 3.43. The van der Waals surface area contributed by atoms with Gasteiger partial charge in [0.05, 0.1) is 0 Å². The molecule has 0 aliphatic carbocycles. The van der Waals surface area contributed by atoms with Crippen LogP contribution in [0.3, 0.4) is 0 Å². The fourth-order valence-electron chi connectivity index (χ4n) is 2.32. The Morgan fingerprint density at radius 1 is 1.30 bits per heavy atom. The molecule has 5 heteroatoms. The summed E-state index contributed by atoms with van der Waals surface area (Å²) in [5, 5.41) is 3.43. The van der Waals surface area contributed by atoms with Crippen molar-refractivity contribution >= 4 is 11.8 Å². The Balaban J connectivity index is 1.87. The molecule has 0 aromatic carbocycles. The van der Waals surface area contributed by atoms with Gasteiger partial charge in [0, 0.05) is 46.0 Å². The number of hydrogen-bond acceptors (Lipinski definition) is 3. The van der Waals surface area contributed by atoms with Gasteiger partial charge in [0.1, 0.15) is 5.82 Å². The molecule has 1 aliphatic rings. The number of piperazine rings is 1. The summed E-state index contributed by atoms with van der Waals surface area (Å²) in [7, 11) is 1.85. The molecule has 0 unspecified atom stereocenters. The van der Waals surface area contributed by atoms with Gasteiger partial charge in [0.25, 0.3) is 0 Å². The summed E-state index contributed by atoms with van der Waals surface area (Å²) in [6, 6.07) is 6.07. The van der Waals surface area contributed by atoms with E-state index in [0.29, 0.717) is 5.92 Å². The highest BCUT2D eigenvalue weighted by atomic mass is 15.4. The molecule has 0 amide bonds. The van der Waals surface area contributed by atoms with E-state index >= 15 is 0 Å². The molecule has 0 bridgehead atoms. The van der Waals surface area contributed by atoms with Crippen molar-refractivity contribution in [1.82, 2.24) is 15.2 Å². The van der Waals surface area contributed by atoms with Gasteiger partial charge in [0.2, 0.25) is 0 Å². The van der Waals surface area contributed by atoms with Gasteiger partial charge in [-0.1, -0.05) is 19.9 Å². The zero-order chi connectivity index (χ0) is 14.4. The van der Waals surface area contributed by atoms with Crippen LogP contribution in [0.5, 0.6) is 0 Å². The minimum atomic E-state index is 0.626. The van der Waals surface area contributed by atoms with Crippen molar-refractivity contribution < 1.29 is 0 Å². The lowest BCUT2D eigenvalue weighted by Gasteiger charge is -2.37. The summed E-state index contributed by atoms with van der Waals surface area (Å²) in [6.45, 7) is 9.31. The van der Waals surface area contributed by atoms with Crippen LogP contribution in [0.1, 0.15) is 13.8 Å². The fourth-order valence-corrected chi connectivity index (χ4v) is 2.32. The van der Waals surface area contributed by atoms with E-state index in [-0.39, 0.29) is 0 Å². The van der Waals surface area contributed by atoms with Gasteiger partial charge < -0.3 is 15.1 Å². The molecule has 0 atom stereocenters. The Kier molecular flexibility index (Phi) is 5.21. The number of aliphatic imine (C=N–C) groups is 1. The average Bonchev–Trinajstić information content (AvgIpc) is 2.49. The lowest BCUT2D eigenvalue weighted by molar-refractivity contribution is 0.369. The number of anilines is 1. The van der Waals surface area contributed by atoms with Gasteiger partial charge >= 0.3 is 0 Å². The number of hydrogen-bond donors (Lipinski definition) is 1. The first-order valence-corrected chi connectivity index (χ1v) is 7.32. The molecule has 20 heavy (non-hydrogen) atoms. The number of aromatic nitrogens is 1. The number of rotatable bonds is 3.